The lowest BCUT2D eigenvalue weighted by Gasteiger charge is -2.29. The molecular weight excluding hydrogens is 405 g/mol. The third-order valence-electron chi connectivity index (χ3n) is 4.87. The normalized spacial score (nSPS) is 16.0. The predicted molar refractivity (Wildman–Crippen MR) is 93.0 cm³/mol. The van der Waals surface area contributed by atoms with Crippen molar-refractivity contribution in [3.05, 3.63) is 29.1 Å². The van der Waals surface area contributed by atoms with E-state index in [0.29, 0.717) is 0 Å². The highest BCUT2D eigenvalue weighted by atomic mass is 32.2. The van der Waals surface area contributed by atoms with Crippen molar-refractivity contribution in [3.63, 3.8) is 0 Å². The van der Waals surface area contributed by atoms with Crippen molar-refractivity contribution in [1.82, 2.24) is 0 Å². The van der Waals surface area contributed by atoms with E-state index in [-0.39, 0.29) is 0 Å². The molecule has 0 spiro atoms. The maximum absolute atomic E-state index is 12.6. The van der Waals surface area contributed by atoms with Crippen molar-refractivity contribution >= 4 is 10.1 Å². The Morgan fingerprint density at radius 3 is 1.68 bits per heavy atom. The second kappa shape index (κ2) is 10.5. The van der Waals surface area contributed by atoms with Crippen molar-refractivity contribution in [2.45, 2.75) is 56.8 Å². The van der Waals surface area contributed by atoms with Crippen LogP contribution in [0.15, 0.2) is 4.90 Å². The van der Waals surface area contributed by atoms with Gasteiger partial charge in [0.2, 0.25) is 5.82 Å². The number of unbranched alkanes of at least 4 members (excludes halogenated alkanes) is 4. The fraction of sp³-hybridized carbons (Fsp3) is 0.667. The molecular formula is C18H26F5NO3S. The lowest BCUT2D eigenvalue weighted by Crippen LogP contribution is -2.41. The quantitative estimate of drug-likeness (QED) is 0.160. The minimum absolute atomic E-state index is 1.37. The van der Waals surface area contributed by atoms with Crippen molar-refractivity contribution in [2.75, 3.05) is 26.7 Å². The highest BCUT2D eigenvalue weighted by Gasteiger charge is 2.29. The van der Waals surface area contributed by atoms with Crippen LogP contribution >= 0.6 is 0 Å². The van der Waals surface area contributed by atoms with Gasteiger partial charge >= 0.3 is 0 Å². The van der Waals surface area contributed by atoms with Gasteiger partial charge < -0.3 is 9.04 Å². The molecule has 2 rings (SSSR count). The van der Waals surface area contributed by atoms with Crippen LogP contribution in [0.5, 0.6) is 0 Å². The topological polar surface area (TPSA) is 57.2 Å². The minimum Gasteiger partial charge on any atom is -0.744 e. The monoisotopic (exact) mass is 431 g/mol. The molecule has 10 heteroatoms. The van der Waals surface area contributed by atoms with Gasteiger partial charge in [0.05, 0.1) is 26.7 Å². The van der Waals surface area contributed by atoms with Gasteiger partial charge in [0.15, 0.2) is 23.3 Å². The molecule has 0 bridgehead atoms. The SMILES string of the molecule is CCCCCCC[N+]1(C)CCCC1.O=S(=O)([O-])c1c(F)c(F)c(F)c(F)c1F. The third-order valence-corrected chi connectivity index (χ3v) is 5.73. The van der Waals surface area contributed by atoms with Crippen LogP contribution in [0, 0.1) is 29.1 Å². The van der Waals surface area contributed by atoms with Crippen molar-refractivity contribution in [1.29, 1.82) is 0 Å². The largest absolute Gasteiger partial charge is 0.744 e. The standard InChI is InChI=1S/C12H26N.C6HF5O3S/c1-3-4-5-6-7-10-13(2)11-8-9-12-13;7-1-2(8)4(10)6(15(12,13)14)5(11)3(1)9/h3-12H2,1-2H3;(H,12,13,14)/q+1;/p-1. The number of hydrogen-bond donors (Lipinski definition) is 0. The molecule has 162 valence electrons. The van der Waals surface area contributed by atoms with E-state index in [4.69, 9.17) is 0 Å². The van der Waals surface area contributed by atoms with E-state index in [9.17, 15) is 34.9 Å². The smallest absolute Gasteiger partial charge is 0.200 e. The van der Waals surface area contributed by atoms with Crippen LogP contribution in [-0.2, 0) is 10.1 Å². The molecule has 0 saturated carbocycles. The predicted octanol–water partition coefficient (Wildman–Crippen LogP) is 4.48. The van der Waals surface area contributed by atoms with Crippen molar-refractivity contribution < 1.29 is 39.4 Å². The van der Waals surface area contributed by atoms with Gasteiger partial charge in [-0.25, -0.2) is 30.4 Å². The van der Waals surface area contributed by atoms with E-state index >= 15 is 0 Å². The lowest BCUT2D eigenvalue weighted by molar-refractivity contribution is -0.897. The second-order valence-electron chi connectivity index (χ2n) is 7.26. The molecule has 0 unspecified atom stereocenters. The van der Waals surface area contributed by atoms with E-state index < -0.39 is 44.1 Å². The summed E-state index contributed by atoms with van der Waals surface area (Å²) in [7, 11) is -3.34. The van der Waals surface area contributed by atoms with Gasteiger partial charge in [0.25, 0.3) is 0 Å². The molecule has 0 amide bonds. The Balaban J connectivity index is 0.000000283. The molecule has 1 heterocycles. The number of quaternary nitrogens is 1. The molecule has 1 aliphatic heterocycles. The maximum Gasteiger partial charge on any atom is 0.200 e. The molecule has 0 radical (unpaired) electrons. The van der Waals surface area contributed by atoms with Crippen molar-refractivity contribution in [2.24, 2.45) is 0 Å². The van der Waals surface area contributed by atoms with Crippen LogP contribution < -0.4 is 0 Å². The highest BCUT2D eigenvalue weighted by Crippen LogP contribution is 2.26. The number of hydrogen-bond acceptors (Lipinski definition) is 3. The number of halogens is 5. The van der Waals surface area contributed by atoms with Crippen LogP contribution in [0.3, 0.4) is 0 Å². The van der Waals surface area contributed by atoms with E-state index in [0.717, 1.165) is 0 Å². The summed E-state index contributed by atoms with van der Waals surface area (Å²) in [4.78, 5) is -2.38. The molecule has 4 nitrogen and oxygen atoms in total. The van der Waals surface area contributed by atoms with Crippen LogP contribution in [0.2, 0.25) is 0 Å². The Morgan fingerprint density at radius 2 is 1.25 bits per heavy atom. The maximum atomic E-state index is 12.6. The third kappa shape index (κ3) is 6.66. The Kier molecular flexibility index (Phi) is 9.29. The molecule has 28 heavy (non-hydrogen) atoms. The summed E-state index contributed by atoms with van der Waals surface area (Å²) in [6.07, 6.45) is 10.1. The summed E-state index contributed by atoms with van der Waals surface area (Å²) in [6.45, 7) is 6.60. The Bertz CT molecular complexity index is 736. The molecule has 0 aromatic heterocycles. The number of likely N-dealkylation sites (tertiary alicyclic amines) is 1. The van der Waals surface area contributed by atoms with E-state index in [2.05, 4.69) is 14.0 Å². The van der Waals surface area contributed by atoms with Gasteiger partial charge in [-0.1, -0.05) is 26.2 Å². The number of nitrogens with zero attached hydrogens (tertiary/aromatic N) is 1. The van der Waals surface area contributed by atoms with E-state index in [1.165, 1.54) is 69.1 Å². The molecule has 0 N–H and O–H groups in total. The molecule has 1 aliphatic rings. The molecule has 0 atom stereocenters. The summed E-state index contributed by atoms with van der Waals surface area (Å²) in [5, 5.41) is 0. The first-order valence-corrected chi connectivity index (χ1v) is 10.7. The number of rotatable bonds is 7. The molecule has 1 aromatic carbocycles. The summed E-state index contributed by atoms with van der Waals surface area (Å²) in [5.41, 5.74) is 0. The van der Waals surface area contributed by atoms with Crippen LogP contribution in [-0.4, -0.2) is 44.1 Å². The molecule has 1 aromatic rings. The number of benzene rings is 1. The first kappa shape index (κ1) is 24.8. The van der Waals surface area contributed by atoms with E-state index in [1.807, 2.05) is 0 Å². The zero-order valence-corrected chi connectivity index (χ0v) is 16.9. The average molecular weight is 431 g/mol. The molecule has 0 aliphatic carbocycles. The van der Waals surface area contributed by atoms with E-state index in [1.54, 1.807) is 0 Å². The first-order chi connectivity index (χ1) is 12.9. The highest BCUT2D eigenvalue weighted by molar-refractivity contribution is 7.85. The lowest BCUT2D eigenvalue weighted by atomic mass is 10.1. The van der Waals surface area contributed by atoms with Gasteiger partial charge in [-0.15, -0.1) is 0 Å². The summed E-state index contributed by atoms with van der Waals surface area (Å²) in [6, 6.07) is 0. The molecule has 1 fully saturated rings. The van der Waals surface area contributed by atoms with Gasteiger partial charge in [-0.3, -0.25) is 0 Å². The summed E-state index contributed by atoms with van der Waals surface area (Å²) in [5.74, 6) is -12.8. The zero-order valence-electron chi connectivity index (χ0n) is 16.0. The van der Waals surface area contributed by atoms with Gasteiger partial charge in [0, 0.05) is 12.8 Å². The van der Waals surface area contributed by atoms with Gasteiger partial charge in [0.1, 0.15) is 15.0 Å². The molecule has 1 saturated heterocycles. The summed E-state index contributed by atoms with van der Waals surface area (Å²) < 4.78 is 94.3. The average Bonchev–Trinajstić information content (AvgIpc) is 3.04. The Hall–Kier alpha value is -1.26. The van der Waals surface area contributed by atoms with Crippen LogP contribution in [0.4, 0.5) is 22.0 Å². The Labute approximate surface area is 162 Å². The summed E-state index contributed by atoms with van der Waals surface area (Å²) >= 11 is 0. The zero-order chi connectivity index (χ0) is 21.5. The minimum atomic E-state index is -5.77. The fourth-order valence-electron chi connectivity index (χ4n) is 3.22. The van der Waals surface area contributed by atoms with Crippen LogP contribution in [0.25, 0.3) is 0 Å². The van der Waals surface area contributed by atoms with Gasteiger partial charge in [-0.2, -0.15) is 0 Å². The van der Waals surface area contributed by atoms with Crippen molar-refractivity contribution in [3.8, 4) is 0 Å². The fourth-order valence-corrected chi connectivity index (χ4v) is 3.84. The second-order valence-corrected chi connectivity index (χ2v) is 8.58. The first-order valence-electron chi connectivity index (χ1n) is 9.25. The van der Waals surface area contributed by atoms with Crippen LogP contribution in [0.1, 0.15) is 51.9 Å². The Morgan fingerprint density at radius 1 is 0.821 bits per heavy atom. The van der Waals surface area contributed by atoms with Gasteiger partial charge in [-0.05, 0) is 12.8 Å².